The van der Waals surface area contributed by atoms with Crippen molar-refractivity contribution < 1.29 is 4.74 Å². The van der Waals surface area contributed by atoms with Gasteiger partial charge in [0.2, 0.25) is 0 Å². The molecule has 1 saturated heterocycles. The van der Waals surface area contributed by atoms with Crippen LogP contribution in [0.4, 0.5) is 0 Å². The second-order valence-electron chi connectivity index (χ2n) is 5.93. The van der Waals surface area contributed by atoms with Crippen molar-refractivity contribution in [3.05, 3.63) is 35.4 Å². The maximum absolute atomic E-state index is 5.62. The van der Waals surface area contributed by atoms with E-state index in [2.05, 4.69) is 48.5 Å². The van der Waals surface area contributed by atoms with Crippen molar-refractivity contribution in [1.29, 1.82) is 0 Å². The highest BCUT2D eigenvalue weighted by atomic mass is 16.5. The van der Waals surface area contributed by atoms with E-state index >= 15 is 0 Å². The minimum atomic E-state index is 0.284. The molecule has 0 spiro atoms. The van der Waals surface area contributed by atoms with Crippen LogP contribution in [-0.2, 0) is 11.3 Å². The standard InChI is InChI=1S/C16H26N2O/c1-14-6-4-5-7-15(14)10-18(3)12-16(11-17-2)8-9-19-13-16/h4-7,17H,8-13H2,1-3H3. The molecule has 1 atom stereocenters. The van der Waals surface area contributed by atoms with E-state index in [1.165, 1.54) is 11.1 Å². The third kappa shape index (κ3) is 3.78. The Labute approximate surface area is 116 Å². The summed E-state index contributed by atoms with van der Waals surface area (Å²) < 4.78 is 5.62. The molecule has 2 rings (SSSR count). The fourth-order valence-electron chi connectivity index (χ4n) is 3.05. The zero-order valence-corrected chi connectivity index (χ0v) is 12.4. The average Bonchev–Trinajstić information content (AvgIpc) is 2.81. The summed E-state index contributed by atoms with van der Waals surface area (Å²) in [6, 6.07) is 8.64. The van der Waals surface area contributed by atoms with Gasteiger partial charge in [0.1, 0.15) is 0 Å². The Bertz CT molecular complexity index is 399. The van der Waals surface area contributed by atoms with Crippen molar-refractivity contribution in [2.45, 2.75) is 19.9 Å². The Kier molecular flexibility index (Phi) is 4.97. The maximum Gasteiger partial charge on any atom is 0.0547 e. The van der Waals surface area contributed by atoms with Crippen LogP contribution < -0.4 is 5.32 Å². The van der Waals surface area contributed by atoms with Crippen molar-refractivity contribution in [1.82, 2.24) is 10.2 Å². The molecule has 3 nitrogen and oxygen atoms in total. The van der Waals surface area contributed by atoms with E-state index in [0.717, 1.165) is 39.3 Å². The number of hydrogen-bond donors (Lipinski definition) is 1. The Morgan fingerprint density at radius 1 is 1.37 bits per heavy atom. The molecule has 1 N–H and O–H groups in total. The third-order valence-corrected chi connectivity index (χ3v) is 4.04. The Hall–Kier alpha value is -0.900. The molecule has 1 fully saturated rings. The summed E-state index contributed by atoms with van der Waals surface area (Å²) in [4.78, 5) is 2.42. The molecule has 1 aromatic rings. The van der Waals surface area contributed by atoms with E-state index in [0.29, 0.717) is 0 Å². The smallest absolute Gasteiger partial charge is 0.0547 e. The van der Waals surface area contributed by atoms with Gasteiger partial charge in [-0.25, -0.2) is 0 Å². The minimum absolute atomic E-state index is 0.284. The molecule has 0 aliphatic carbocycles. The highest BCUT2D eigenvalue weighted by Gasteiger charge is 2.35. The number of nitrogens with zero attached hydrogens (tertiary/aromatic N) is 1. The molecule has 0 radical (unpaired) electrons. The summed E-state index contributed by atoms with van der Waals surface area (Å²) in [6.07, 6.45) is 1.16. The van der Waals surface area contributed by atoms with E-state index in [1.54, 1.807) is 0 Å². The topological polar surface area (TPSA) is 24.5 Å². The van der Waals surface area contributed by atoms with Gasteiger partial charge in [-0.3, -0.25) is 0 Å². The highest BCUT2D eigenvalue weighted by Crippen LogP contribution is 2.29. The second kappa shape index (κ2) is 6.51. The molecule has 0 saturated carbocycles. The van der Waals surface area contributed by atoms with Crippen LogP contribution in [0.25, 0.3) is 0 Å². The Morgan fingerprint density at radius 3 is 2.79 bits per heavy atom. The summed E-state index contributed by atoms with van der Waals surface area (Å²) in [7, 11) is 4.24. The van der Waals surface area contributed by atoms with Crippen LogP contribution in [0.1, 0.15) is 17.5 Å². The van der Waals surface area contributed by atoms with Crippen LogP contribution in [-0.4, -0.2) is 45.3 Å². The molecule has 19 heavy (non-hydrogen) atoms. The first-order chi connectivity index (χ1) is 9.15. The summed E-state index contributed by atoms with van der Waals surface area (Å²) in [6.45, 7) is 7.10. The van der Waals surface area contributed by atoms with E-state index < -0.39 is 0 Å². The van der Waals surface area contributed by atoms with E-state index in [4.69, 9.17) is 4.74 Å². The van der Waals surface area contributed by atoms with Gasteiger partial charge in [-0.1, -0.05) is 24.3 Å². The van der Waals surface area contributed by atoms with Gasteiger partial charge in [-0.05, 0) is 38.6 Å². The van der Waals surface area contributed by atoms with Crippen LogP contribution in [0.15, 0.2) is 24.3 Å². The predicted molar refractivity (Wildman–Crippen MR) is 79.3 cm³/mol. The lowest BCUT2D eigenvalue weighted by Crippen LogP contribution is -2.42. The van der Waals surface area contributed by atoms with Crippen molar-refractivity contribution in [2.24, 2.45) is 5.41 Å². The molecule has 1 unspecified atom stereocenters. The zero-order chi connectivity index (χ0) is 13.7. The normalized spacial score (nSPS) is 23.2. The largest absolute Gasteiger partial charge is 0.381 e. The second-order valence-corrected chi connectivity index (χ2v) is 5.93. The van der Waals surface area contributed by atoms with Crippen molar-refractivity contribution in [2.75, 3.05) is 40.4 Å². The summed E-state index contributed by atoms with van der Waals surface area (Å²) in [5, 5.41) is 3.32. The van der Waals surface area contributed by atoms with Crippen LogP contribution in [0.3, 0.4) is 0 Å². The first-order valence-corrected chi connectivity index (χ1v) is 7.11. The third-order valence-electron chi connectivity index (χ3n) is 4.04. The van der Waals surface area contributed by atoms with Gasteiger partial charge in [0.15, 0.2) is 0 Å². The lowest BCUT2D eigenvalue weighted by molar-refractivity contribution is 0.118. The number of ether oxygens (including phenoxy) is 1. The highest BCUT2D eigenvalue weighted by molar-refractivity contribution is 5.25. The molecule has 1 heterocycles. The number of rotatable bonds is 6. The van der Waals surface area contributed by atoms with Gasteiger partial charge in [0.25, 0.3) is 0 Å². The minimum Gasteiger partial charge on any atom is -0.381 e. The van der Waals surface area contributed by atoms with Crippen LogP contribution in [0.2, 0.25) is 0 Å². The lowest BCUT2D eigenvalue weighted by Gasteiger charge is -2.32. The molecule has 0 aromatic heterocycles. The number of hydrogen-bond acceptors (Lipinski definition) is 3. The van der Waals surface area contributed by atoms with Crippen molar-refractivity contribution in [3.63, 3.8) is 0 Å². The van der Waals surface area contributed by atoms with Crippen molar-refractivity contribution >= 4 is 0 Å². The first-order valence-electron chi connectivity index (χ1n) is 7.11. The molecule has 3 heteroatoms. The van der Waals surface area contributed by atoms with Gasteiger partial charge < -0.3 is 15.0 Å². The number of benzene rings is 1. The Balaban J connectivity index is 1.96. The monoisotopic (exact) mass is 262 g/mol. The molecule has 1 aliphatic rings. The zero-order valence-electron chi connectivity index (χ0n) is 12.4. The van der Waals surface area contributed by atoms with E-state index in [-0.39, 0.29) is 5.41 Å². The van der Waals surface area contributed by atoms with E-state index in [9.17, 15) is 0 Å². The van der Waals surface area contributed by atoms with Gasteiger partial charge in [0, 0.05) is 31.7 Å². The number of nitrogens with one attached hydrogen (secondary N) is 1. The Morgan fingerprint density at radius 2 is 2.16 bits per heavy atom. The van der Waals surface area contributed by atoms with Gasteiger partial charge in [-0.15, -0.1) is 0 Å². The van der Waals surface area contributed by atoms with Gasteiger partial charge >= 0.3 is 0 Å². The van der Waals surface area contributed by atoms with Crippen LogP contribution in [0, 0.1) is 12.3 Å². The molecule has 0 bridgehead atoms. The molecular formula is C16H26N2O. The predicted octanol–water partition coefficient (Wildman–Crippen LogP) is 2.05. The molecular weight excluding hydrogens is 236 g/mol. The van der Waals surface area contributed by atoms with E-state index in [1.807, 2.05) is 7.05 Å². The fraction of sp³-hybridized carbons (Fsp3) is 0.625. The average molecular weight is 262 g/mol. The number of aryl methyl sites for hydroxylation is 1. The quantitative estimate of drug-likeness (QED) is 0.849. The molecule has 106 valence electrons. The summed E-state index contributed by atoms with van der Waals surface area (Å²) in [5.41, 5.74) is 3.08. The SMILES string of the molecule is CNCC1(CN(C)Cc2ccccc2C)CCOC1. The van der Waals surface area contributed by atoms with Crippen LogP contribution >= 0.6 is 0 Å². The van der Waals surface area contributed by atoms with Crippen LogP contribution in [0.5, 0.6) is 0 Å². The molecule has 1 aliphatic heterocycles. The van der Waals surface area contributed by atoms with Gasteiger partial charge in [-0.2, -0.15) is 0 Å². The summed E-state index contributed by atoms with van der Waals surface area (Å²) >= 11 is 0. The molecule has 1 aromatic carbocycles. The van der Waals surface area contributed by atoms with Crippen molar-refractivity contribution in [3.8, 4) is 0 Å². The maximum atomic E-state index is 5.62. The molecule has 0 amide bonds. The van der Waals surface area contributed by atoms with Gasteiger partial charge in [0.05, 0.1) is 6.61 Å². The summed E-state index contributed by atoms with van der Waals surface area (Å²) in [5.74, 6) is 0. The fourth-order valence-corrected chi connectivity index (χ4v) is 3.05. The first kappa shape index (κ1) is 14.5. The lowest BCUT2D eigenvalue weighted by atomic mass is 9.86.